The van der Waals surface area contributed by atoms with Crippen LogP contribution in [0.15, 0.2) is 24.5 Å². The van der Waals surface area contributed by atoms with Crippen molar-refractivity contribution in [1.82, 2.24) is 20.2 Å². The second-order valence-electron chi connectivity index (χ2n) is 3.86. The highest BCUT2D eigenvalue weighted by Crippen LogP contribution is 2.18. The fraction of sp³-hybridized carbons (Fsp3) is 0.333. The third-order valence-corrected chi connectivity index (χ3v) is 2.68. The van der Waals surface area contributed by atoms with Gasteiger partial charge in [0.1, 0.15) is 12.2 Å². The summed E-state index contributed by atoms with van der Waals surface area (Å²) in [7, 11) is 3.54. The Morgan fingerprint density at radius 2 is 2.29 bits per heavy atom. The first-order chi connectivity index (χ1) is 8.26. The van der Waals surface area contributed by atoms with Crippen LogP contribution in [0, 0.1) is 0 Å². The normalized spacial score (nSPS) is 10.7. The Bertz CT molecular complexity index is 532. The summed E-state index contributed by atoms with van der Waals surface area (Å²) in [5.74, 6) is -0.0245. The highest BCUT2D eigenvalue weighted by molar-refractivity contribution is 5.83. The van der Waals surface area contributed by atoms with Crippen LogP contribution >= 0.6 is 0 Å². The van der Waals surface area contributed by atoms with Gasteiger partial charge in [-0.3, -0.25) is 4.79 Å². The van der Waals surface area contributed by atoms with Gasteiger partial charge in [0.15, 0.2) is 0 Å². The van der Waals surface area contributed by atoms with E-state index >= 15 is 0 Å². The number of likely N-dealkylation sites (N-methyl/N-ethyl adjacent to an activating group) is 1. The molecule has 2 rings (SSSR count). The molecule has 2 heterocycles. The van der Waals surface area contributed by atoms with Crippen LogP contribution in [-0.4, -0.2) is 29.6 Å². The van der Waals surface area contributed by atoms with Crippen LogP contribution in [0.3, 0.4) is 0 Å². The molecule has 2 N–H and O–H groups in total. The van der Waals surface area contributed by atoms with Crippen LogP contribution in [0.5, 0.6) is 0 Å². The first kappa shape index (κ1) is 11.6. The number of fused-ring (bicyclic) bond motifs is 1. The lowest BCUT2D eigenvalue weighted by Crippen LogP contribution is -2.23. The molecule has 0 saturated carbocycles. The first-order valence-electron chi connectivity index (χ1n) is 5.54. The van der Waals surface area contributed by atoms with E-state index in [4.69, 9.17) is 0 Å². The van der Waals surface area contributed by atoms with Crippen LogP contribution in [-0.2, 0) is 17.9 Å². The minimum atomic E-state index is -0.0245. The van der Waals surface area contributed by atoms with Crippen molar-refractivity contribution >= 4 is 16.9 Å². The van der Waals surface area contributed by atoms with Crippen molar-refractivity contribution in [2.45, 2.75) is 13.1 Å². The quantitative estimate of drug-likeness (QED) is 0.807. The summed E-state index contributed by atoms with van der Waals surface area (Å²) in [5, 5.41) is 6.82. The minimum Gasteiger partial charge on any atom is -0.358 e. The number of nitrogens with one attached hydrogen (secondary N) is 2. The Hall–Kier alpha value is -1.88. The molecular weight excluding hydrogens is 216 g/mol. The van der Waals surface area contributed by atoms with Crippen LogP contribution in [0.4, 0.5) is 0 Å². The lowest BCUT2D eigenvalue weighted by atomic mass is 10.2. The molecule has 5 heteroatoms. The number of hydrogen-bond acceptors (Lipinski definition) is 3. The van der Waals surface area contributed by atoms with Gasteiger partial charge in [0.2, 0.25) is 5.91 Å². The molecule has 0 saturated heterocycles. The maximum Gasteiger partial charge on any atom is 0.239 e. The molecule has 0 aromatic carbocycles. The summed E-state index contributed by atoms with van der Waals surface area (Å²) < 4.78 is 1.88. The number of hydrogen-bond donors (Lipinski definition) is 2. The lowest BCUT2D eigenvalue weighted by Gasteiger charge is -2.02. The fourth-order valence-electron chi connectivity index (χ4n) is 1.88. The zero-order valence-corrected chi connectivity index (χ0v) is 10.0. The highest BCUT2D eigenvalue weighted by Gasteiger charge is 2.10. The molecule has 0 aliphatic rings. The summed E-state index contributed by atoms with van der Waals surface area (Å²) in [6, 6.07) is 3.93. The number of aromatic nitrogens is 2. The van der Waals surface area contributed by atoms with Gasteiger partial charge < -0.3 is 15.2 Å². The summed E-state index contributed by atoms with van der Waals surface area (Å²) >= 11 is 0. The van der Waals surface area contributed by atoms with Crippen molar-refractivity contribution in [3.63, 3.8) is 0 Å². The Balaban J connectivity index is 2.44. The maximum atomic E-state index is 11.4. The van der Waals surface area contributed by atoms with Gasteiger partial charge in [0.05, 0.1) is 0 Å². The van der Waals surface area contributed by atoms with Gasteiger partial charge in [0.25, 0.3) is 0 Å². The zero-order valence-electron chi connectivity index (χ0n) is 10.0. The van der Waals surface area contributed by atoms with Gasteiger partial charge in [-0.15, -0.1) is 0 Å². The molecule has 0 radical (unpaired) electrons. The van der Waals surface area contributed by atoms with Crippen LogP contribution in [0.2, 0.25) is 0 Å². The number of amides is 1. The fourth-order valence-corrected chi connectivity index (χ4v) is 1.88. The van der Waals surface area contributed by atoms with Gasteiger partial charge in [0, 0.05) is 31.4 Å². The number of carbonyl (C=O) groups is 1. The van der Waals surface area contributed by atoms with E-state index in [1.807, 2.05) is 29.9 Å². The second kappa shape index (κ2) is 4.97. The molecule has 5 nitrogen and oxygen atoms in total. The van der Waals surface area contributed by atoms with Crippen molar-refractivity contribution in [1.29, 1.82) is 0 Å². The first-order valence-corrected chi connectivity index (χ1v) is 5.54. The minimum absolute atomic E-state index is 0.0245. The third kappa shape index (κ3) is 2.29. The van der Waals surface area contributed by atoms with Crippen molar-refractivity contribution in [3.05, 3.63) is 30.1 Å². The van der Waals surface area contributed by atoms with E-state index in [1.165, 1.54) is 0 Å². The Morgan fingerprint density at radius 3 is 3.00 bits per heavy atom. The number of pyridine rings is 1. The highest BCUT2D eigenvalue weighted by atomic mass is 16.1. The molecule has 0 atom stereocenters. The molecule has 2 aromatic heterocycles. The van der Waals surface area contributed by atoms with E-state index in [0.29, 0.717) is 6.54 Å². The summed E-state index contributed by atoms with van der Waals surface area (Å²) in [5.41, 5.74) is 2.00. The molecular formula is C12H16N4O. The van der Waals surface area contributed by atoms with E-state index in [2.05, 4.69) is 15.6 Å². The van der Waals surface area contributed by atoms with Gasteiger partial charge in [-0.1, -0.05) is 0 Å². The largest absolute Gasteiger partial charge is 0.358 e. The summed E-state index contributed by atoms with van der Waals surface area (Å²) in [6.45, 7) is 1.07. The van der Waals surface area contributed by atoms with E-state index in [-0.39, 0.29) is 5.91 Å². The smallest absolute Gasteiger partial charge is 0.239 e. The summed E-state index contributed by atoms with van der Waals surface area (Å²) in [4.78, 5) is 15.7. The van der Waals surface area contributed by atoms with E-state index < -0.39 is 0 Å². The van der Waals surface area contributed by atoms with Crippen molar-refractivity contribution < 1.29 is 4.79 Å². The molecule has 17 heavy (non-hydrogen) atoms. The molecule has 0 bridgehead atoms. The third-order valence-electron chi connectivity index (χ3n) is 2.68. The molecule has 2 aromatic rings. The molecule has 90 valence electrons. The Kier molecular flexibility index (Phi) is 3.39. The topological polar surface area (TPSA) is 59.0 Å². The number of rotatable bonds is 4. The van der Waals surface area contributed by atoms with E-state index in [0.717, 1.165) is 23.1 Å². The molecule has 0 spiro atoms. The van der Waals surface area contributed by atoms with Crippen LogP contribution in [0.1, 0.15) is 5.56 Å². The molecule has 1 amide bonds. The van der Waals surface area contributed by atoms with Crippen LogP contribution < -0.4 is 10.6 Å². The van der Waals surface area contributed by atoms with Crippen molar-refractivity contribution in [2.75, 3.05) is 14.1 Å². The molecule has 0 aliphatic heterocycles. The molecule has 0 unspecified atom stereocenters. The maximum absolute atomic E-state index is 11.4. The SMILES string of the molecule is CNCc1cn(CC(=O)NC)c2ncccc12. The van der Waals surface area contributed by atoms with Gasteiger partial charge >= 0.3 is 0 Å². The molecule has 0 fully saturated rings. The van der Waals surface area contributed by atoms with Crippen LogP contribution in [0.25, 0.3) is 11.0 Å². The van der Waals surface area contributed by atoms with Gasteiger partial charge in [-0.2, -0.15) is 0 Å². The van der Waals surface area contributed by atoms with Gasteiger partial charge in [-0.05, 0) is 24.7 Å². The summed E-state index contributed by atoms with van der Waals surface area (Å²) in [6.07, 6.45) is 3.72. The van der Waals surface area contributed by atoms with Gasteiger partial charge in [-0.25, -0.2) is 4.98 Å². The van der Waals surface area contributed by atoms with E-state index in [1.54, 1.807) is 13.2 Å². The second-order valence-corrected chi connectivity index (χ2v) is 3.86. The van der Waals surface area contributed by atoms with E-state index in [9.17, 15) is 4.79 Å². The average molecular weight is 232 g/mol. The standard InChI is InChI=1S/C12H16N4O/c1-13-6-9-7-16(8-11(17)14-2)12-10(9)4-3-5-15-12/h3-5,7,13H,6,8H2,1-2H3,(H,14,17). The number of carbonyl (C=O) groups excluding carboxylic acids is 1. The number of nitrogens with zero attached hydrogens (tertiary/aromatic N) is 2. The predicted octanol–water partition coefficient (Wildman–Crippen LogP) is 0.502. The average Bonchev–Trinajstić information content (AvgIpc) is 2.69. The lowest BCUT2D eigenvalue weighted by molar-refractivity contribution is -0.121. The monoisotopic (exact) mass is 232 g/mol. The molecule has 0 aliphatic carbocycles. The van der Waals surface area contributed by atoms with Crippen molar-refractivity contribution in [2.24, 2.45) is 0 Å². The predicted molar refractivity (Wildman–Crippen MR) is 66.6 cm³/mol. The zero-order chi connectivity index (χ0) is 12.3. The van der Waals surface area contributed by atoms with Crippen molar-refractivity contribution in [3.8, 4) is 0 Å². The Morgan fingerprint density at radius 1 is 1.47 bits per heavy atom. The Labute approximate surface area is 99.8 Å².